The molecule has 0 radical (unpaired) electrons. The maximum atomic E-state index is 5.96. The lowest BCUT2D eigenvalue weighted by Crippen LogP contribution is -2.09. The van der Waals surface area contributed by atoms with Gasteiger partial charge in [-0.1, -0.05) is 25.1 Å². The van der Waals surface area contributed by atoms with Crippen LogP contribution in [0.4, 0.5) is 0 Å². The quantitative estimate of drug-likeness (QED) is 0.910. The molecule has 4 nitrogen and oxygen atoms in total. The van der Waals surface area contributed by atoms with E-state index in [0.717, 1.165) is 33.6 Å². The van der Waals surface area contributed by atoms with Gasteiger partial charge in [0, 0.05) is 18.7 Å². The van der Waals surface area contributed by atoms with Gasteiger partial charge >= 0.3 is 0 Å². The van der Waals surface area contributed by atoms with Crippen molar-refractivity contribution >= 4 is 15.9 Å². The van der Waals surface area contributed by atoms with E-state index >= 15 is 0 Å². The largest absolute Gasteiger partial charge is 0.487 e. The average Bonchev–Trinajstić information content (AvgIpc) is 2.71. The minimum absolute atomic E-state index is 0.0487. The maximum Gasteiger partial charge on any atom is 0.131 e. The predicted molar refractivity (Wildman–Crippen MR) is 83.7 cm³/mol. The van der Waals surface area contributed by atoms with E-state index in [-0.39, 0.29) is 6.04 Å². The minimum Gasteiger partial charge on any atom is -0.487 e. The van der Waals surface area contributed by atoms with Crippen LogP contribution in [0.2, 0.25) is 0 Å². The summed E-state index contributed by atoms with van der Waals surface area (Å²) < 4.78 is 8.82. The molecule has 0 amide bonds. The van der Waals surface area contributed by atoms with E-state index in [1.165, 1.54) is 0 Å². The number of benzene rings is 1. The summed E-state index contributed by atoms with van der Waals surface area (Å²) in [7, 11) is 1.93. The topological polar surface area (TPSA) is 53.1 Å². The molecule has 0 spiro atoms. The average molecular weight is 338 g/mol. The number of rotatable bonds is 5. The molecule has 1 atom stereocenters. The van der Waals surface area contributed by atoms with Gasteiger partial charge in [-0.15, -0.1) is 0 Å². The van der Waals surface area contributed by atoms with Gasteiger partial charge in [-0.3, -0.25) is 4.68 Å². The number of para-hydroxylation sites is 1. The fraction of sp³-hybridized carbons (Fsp3) is 0.400. The Morgan fingerprint density at radius 2 is 2.10 bits per heavy atom. The summed E-state index contributed by atoms with van der Waals surface area (Å²) in [5, 5.41) is 4.46. The normalized spacial score (nSPS) is 12.4. The third-order valence-corrected chi connectivity index (χ3v) is 4.19. The Hall–Kier alpha value is -1.33. The van der Waals surface area contributed by atoms with Crippen LogP contribution in [0.1, 0.15) is 36.8 Å². The smallest absolute Gasteiger partial charge is 0.131 e. The number of nitrogens with zero attached hydrogens (tertiary/aromatic N) is 2. The number of aryl methyl sites for hydroxylation is 2. The van der Waals surface area contributed by atoms with E-state index < -0.39 is 0 Å². The number of hydrogen-bond donors (Lipinski definition) is 1. The highest BCUT2D eigenvalue weighted by Gasteiger charge is 2.14. The summed E-state index contributed by atoms with van der Waals surface area (Å²) >= 11 is 3.60. The van der Waals surface area contributed by atoms with Crippen LogP contribution in [0.25, 0.3) is 0 Å². The van der Waals surface area contributed by atoms with E-state index in [1.54, 1.807) is 0 Å². The van der Waals surface area contributed by atoms with Crippen molar-refractivity contribution in [2.75, 3.05) is 0 Å². The molecule has 0 unspecified atom stereocenters. The highest BCUT2D eigenvalue weighted by molar-refractivity contribution is 9.10. The molecule has 0 saturated heterocycles. The van der Waals surface area contributed by atoms with Crippen molar-refractivity contribution in [3.8, 4) is 5.75 Å². The number of nitrogens with two attached hydrogens (primary N) is 1. The first kappa shape index (κ1) is 15.1. The first-order chi connectivity index (χ1) is 9.54. The standard InChI is InChI=1S/C15H20BrN3O/c1-4-12-15(16)13(19(3)18-12)9-20-14-8-6-5-7-11(14)10(2)17/h5-8,10H,4,9,17H2,1-3H3/t10-/m1/s1. The minimum atomic E-state index is -0.0487. The second kappa shape index (κ2) is 6.41. The molecule has 0 saturated carbocycles. The molecule has 2 N–H and O–H groups in total. The van der Waals surface area contributed by atoms with Crippen LogP contribution in [-0.2, 0) is 20.1 Å². The zero-order chi connectivity index (χ0) is 14.7. The van der Waals surface area contributed by atoms with Crippen LogP contribution in [-0.4, -0.2) is 9.78 Å². The Bertz CT molecular complexity index is 593. The molecule has 2 rings (SSSR count). The van der Waals surface area contributed by atoms with Crippen molar-refractivity contribution in [3.05, 3.63) is 45.7 Å². The van der Waals surface area contributed by atoms with Gasteiger partial charge < -0.3 is 10.5 Å². The molecule has 5 heteroatoms. The number of aromatic nitrogens is 2. The Morgan fingerprint density at radius 3 is 2.70 bits per heavy atom. The van der Waals surface area contributed by atoms with Crippen molar-refractivity contribution in [1.29, 1.82) is 0 Å². The molecule has 0 aliphatic heterocycles. The first-order valence-electron chi connectivity index (χ1n) is 6.72. The zero-order valence-electron chi connectivity index (χ0n) is 12.1. The van der Waals surface area contributed by atoms with Crippen LogP contribution >= 0.6 is 15.9 Å². The fourth-order valence-electron chi connectivity index (χ4n) is 2.11. The number of ether oxygens (including phenoxy) is 1. The Morgan fingerprint density at radius 1 is 1.40 bits per heavy atom. The molecule has 0 aliphatic carbocycles. The molecule has 108 valence electrons. The molecule has 2 aromatic rings. The third-order valence-electron chi connectivity index (χ3n) is 3.28. The summed E-state index contributed by atoms with van der Waals surface area (Å²) in [4.78, 5) is 0. The summed E-state index contributed by atoms with van der Waals surface area (Å²) in [5.74, 6) is 0.827. The molecule has 1 aromatic heterocycles. The van der Waals surface area contributed by atoms with Crippen molar-refractivity contribution in [3.63, 3.8) is 0 Å². The summed E-state index contributed by atoms with van der Waals surface area (Å²) in [5.41, 5.74) is 9.05. The van der Waals surface area contributed by atoms with Gasteiger partial charge in [0.1, 0.15) is 12.4 Å². The number of halogens is 1. The molecule has 0 aliphatic rings. The second-order valence-corrected chi connectivity index (χ2v) is 5.59. The SMILES string of the molecule is CCc1nn(C)c(COc2ccccc2[C@@H](C)N)c1Br. The van der Waals surface area contributed by atoms with Crippen LogP contribution in [0.15, 0.2) is 28.7 Å². The first-order valence-corrected chi connectivity index (χ1v) is 7.51. The molecule has 1 heterocycles. The van der Waals surface area contributed by atoms with Crippen molar-refractivity contribution in [2.24, 2.45) is 12.8 Å². The van der Waals surface area contributed by atoms with E-state index in [0.29, 0.717) is 6.61 Å². The monoisotopic (exact) mass is 337 g/mol. The molecule has 1 aromatic carbocycles. The van der Waals surface area contributed by atoms with Crippen LogP contribution in [0, 0.1) is 0 Å². The van der Waals surface area contributed by atoms with Gasteiger partial charge in [0.25, 0.3) is 0 Å². The lowest BCUT2D eigenvalue weighted by molar-refractivity contribution is 0.290. The van der Waals surface area contributed by atoms with Crippen LogP contribution < -0.4 is 10.5 Å². The van der Waals surface area contributed by atoms with Crippen LogP contribution in [0.3, 0.4) is 0 Å². The lowest BCUT2D eigenvalue weighted by Gasteiger charge is -2.14. The van der Waals surface area contributed by atoms with Crippen molar-refractivity contribution < 1.29 is 4.74 Å². The Balaban J connectivity index is 2.19. The summed E-state index contributed by atoms with van der Waals surface area (Å²) in [6.45, 7) is 4.51. The van der Waals surface area contributed by atoms with Gasteiger partial charge in [0.05, 0.1) is 15.9 Å². The zero-order valence-corrected chi connectivity index (χ0v) is 13.6. The van der Waals surface area contributed by atoms with Gasteiger partial charge in [-0.2, -0.15) is 5.10 Å². The molecule has 20 heavy (non-hydrogen) atoms. The highest BCUT2D eigenvalue weighted by atomic mass is 79.9. The predicted octanol–water partition coefficient (Wildman–Crippen LogP) is 3.34. The third kappa shape index (κ3) is 3.04. The number of hydrogen-bond acceptors (Lipinski definition) is 3. The van der Waals surface area contributed by atoms with E-state index in [2.05, 4.69) is 28.0 Å². The lowest BCUT2D eigenvalue weighted by atomic mass is 10.1. The molecule has 0 bridgehead atoms. The van der Waals surface area contributed by atoms with Crippen LogP contribution in [0.5, 0.6) is 5.75 Å². The maximum absolute atomic E-state index is 5.96. The fourth-order valence-corrected chi connectivity index (χ4v) is 2.84. The van der Waals surface area contributed by atoms with E-state index in [9.17, 15) is 0 Å². The summed E-state index contributed by atoms with van der Waals surface area (Å²) in [6.07, 6.45) is 0.894. The van der Waals surface area contributed by atoms with E-state index in [1.807, 2.05) is 42.9 Å². The van der Waals surface area contributed by atoms with Crippen molar-refractivity contribution in [2.45, 2.75) is 32.9 Å². The highest BCUT2D eigenvalue weighted by Crippen LogP contribution is 2.26. The van der Waals surface area contributed by atoms with Gasteiger partial charge in [-0.25, -0.2) is 0 Å². The Labute approximate surface area is 128 Å². The molecular formula is C15H20BrN3O. The second-order valence-electron chi connectivity index (χ2n) is 4.80. The Kier molecular flexibility index (Phi) is 4.83. The van der Waals surface area contributed by atoms with Gasteiger partial charge in [-0.05, 0) is 35.3 Å². The van der Waals surface area contributed by atoms with Crippen molar-refractivity contribution in [1.82, 2.24) is 9.78 Å². The van der Waals surface area contributed by atoms with Gasteiger partial charge in [0.15, 0.2) is 0 Å². The summed E-state index contributed by atoms with van der Waals surface area (Å²) in [6, 6.07) is 7.82. The van der Waals surface area contributed by atoms with Gasteiger partial charge in [0.2, 0.25) is 0 Å². The molecular weight excluding hydrogens is 318 g/mol. The molecule has 0 fully saturated rings. The van der Waals surface area contributed by atoms with E-state index in [4.69, 9.17) is 10.5 Å².